The number of benzene rings is 1. The van der Waals surface area contributed by atoms with Crippen LogP contribution in [-0.2, 0) is 0 Å². The summed E-state index contributed by atoms with van der Waals surface area (Å²) in [4.78, 5) is 5.62. The molecule has 0 bridgehead atoms. The van der Waals surface area contributed by atoms with Gasteiger partial charge < -0.3 is 14.5 Å². The number of nitrogens with zero attached hydrogens (tertiary/aromatic N) is 2. The minimum Gasteiger partial charge on any atom is -0.485 e. The predicted octanol–water partition coefficient (Wildman–Crippen LogP) is 10.9. The van der Waals surface area contributed by atoms with Crippen LogP contribution in [0, 0.1) is 23.7 Å². The van der Waals surface area contributed by atoms with Crippen LogP contribution in [0.25, 0.3) is 0 Å². The number of fused-ring (bicyclic) bond motifs is 8. The zero-order valence-corrected chi connectivity index (χ0v) is 30.0. The maximum absolute atomic E-state index is 6.34. The summed E-state index contributed by atoms with van der Waals surface area (Å²) in [5.41, 5.74) is 12.5. The van der Waals surface area contributed by atoms with E-state index in [0.717, 1.165) is 11.7 Å². The molecule has 9 unspecified atom stereocenters. The second-order valence-electron chi connectivity index (χ2n) is 16.9. The minimum atomic E-state index is 0.142. The Kier molecular flexibility index (Phi) is 7.40. The van der Waals surface area contributed by atoms with Crippen molar-refractivity contribution >= 4 is 0 Å². The van der Waals surface area contributed by atoms with Gasteiger partial charge in [-0.3, -0.25) is 0 Å². The molecule has 9 atom stereocenters. The number of hydrogen-bond donors (Lipinski definition) is 0. The molecule has 1 fully saturated rings. The van der Waals surface area contributed by atoms with Crippen LogP contribution >= 0.6 is 0 Å². The standard InChI is InChI=1S/C48H52N2O/c1-2-10-35(11-3-1)49-43-15-7-4-12-37(43)40-28-33(22-25-45(40)49)31-18-20-32(21-19-31)34-23-26-46-41(29-34)38-13-5-8-16-44(38)50(46)36-24-27-48-42(30-36)39-14-6-9-17-47(39)51-48/h2,4-6,9-14,17-18,24,27-30,32-33,38,41-42,44-46,48H,1,3,7-8,15-16,19-23,25-26H2. The van der Waals surface area contributed by atoms with Crippen LogP contribution < -0.4 is 4.74 Å². The van der Waals surface area contributed by atoms with Crippen LogP contribution in [0.5, 0.6) is 5.75 Å². The maximum Gasteiger partial charge on any atom is 0.128 e. The normalized spacial score (nSPS) is 37.3. The first-order valence-corrected chi connectivity index (χ1v) is 20.6. The number of likely N-dealkylation sites (tertiary alicyclic amines) is 1. The monoisotopic (exact) mass is 672 g/mol. The third-order valence-electron chi connectivity index (χ3n) is 14.4. The molecular weight excluding hydrogens is 621 g/mol. The molecule has 0 spiro atoms. The fourth-order valence-corrected chi connectivity index (χ4v) is 12.1. The summed E-state index contributed by atoms with van der Waals surface area (Å²) in [7, 11) is 0. The molecule has 10 aliphatic rings. The van der Waals surface area contributed by atoms with Gasteiger partial charge in [-0.1, -0.05) is 84.0 Å². The quantitative estimate of drug-likeness (QED) is 0.296. The Hall–Kier alpha value is -3.98. The number of ether oxygens (including phenoxy) is 1. The fourth-order valence-electron chi connectivity index (χ4n) is 12.1. The molecule has 7 aliphatic carbocycles. The molecule has 11 rings (SSSR count). The van der Waals surface area contributed by atoms with E-state index < -0.39 is 0 Å². The van der Waals surface area contributed by atoms with Gasteiger partial charge in [-0.25, -0.2) is 0 Å². The highest BCUT2D eigenvalue weighted by atomic mass is 16.5. The Labute approximate surface area is 304 Å². The Morgan fingerprint density at radius 3 is 2.51 bits per heavy atom. The van der Waals surface area contributed by atoms with E-state index in [1.807, 2.05) is 0 Å². The lowest BCUT2D eigenvalue weighted by atomic mass is 9.71. The smallest absolute Gasteiger partial charge is 0.128 e. The predicted molar refractivity (Wildman–Crippen MR) is 207 cm³/mol. The van der Waals surface area contributed by atoms with Gasteiger partial charge in [-0.2, -0.15) is 0 Å². The molecule has 0 radical (unpaired) electrons. The van der Waals surface area contributed by atoms with Crippen LogP contribution in [0.15, 0.2) is 143 Å². The summed E-state index contributed by atoms with van der Waals surface area (Å²) < 4.78 is 6.34. The van der Waals surface area contributed by atoms with E-state index >= 15 is 0 Å². The lowest BCUT2D eigenvalue weighted by Crippen LogP contribution is -2.39. The first-order valence-electron chi connectivity index (χ1n) is 20.6. The Morgan fingerprint density at radius 2 is 1.59 bits per heavy atom. The molecule has 1 saturated heterocycles. The molecule has 0 N–H and O–H groups in total. The van der Waals surface area contributed by atoms with Gasteiger partial charge in [-0.15, -0.1) is 0 Å². The number of para-hydroxylation sites is 1. The van der Waals surface area contributed by atoms with Gasteiger partial charge >= 0.3 is 0 Å². The number of rotatable bonds is 4. The highest BCUT2D eigenvalue weighted by Gasteiger charge is 2.50. The molecule has 3 heterocycles. The minimum absolute atomic E-state index is 0.142. The van der Waals surface area contributed by atoms with E-state index in [1.165, 1.54) is 100 Å². The third kappa shape index (κ3) is 4.96. The zero-order valence-electron chi connectivity index (χ0n) is 30.0. The Bertz CT molecular complexity index is 1940. The summed E-state index contributed by atoms with van der Waals surface area (Å²) in [6.45, 7) is 0. The van der Waals surface area contributed by atoms with Crippen LogP contribution in [-0.4, -0.2) is 34.0 Å². The van der Waals surface area contributed by atoms with Gasteiger partial charge in [0.05, 0.1) is 6.04 Å². The van der Waals surface area contributed by atoms with E-state index in [1.54, 1.807) is 28.0 Å². The Morgan fingerprint density at radius 1 is 0.667 bits per heavy atom. The zero-order chi connectivity index (χ0) is 33.5. The highest BCUT2D eigenvalue weighted by Crippen LogP contribution is 2.53. The van der Waals surface area contributed by atoms with E-state index in [-0.39, 0.29) is 6.10 Å². The van der Waals surface area contributed by atoms with Crippen LogP contribution in [0.4, 0.5) is 0 Å². The van der Waals surface area contributed by atoms with E-state index in [0.29, 0.717) is 41.8 Å². The van der Waals surface area contributed by atoms with Crippen molar-refractivity contribution in [2.75, 3.05) is 0 Å². The molecule has 3 aliphatic heterocycles. The van der Waals surface area contributed by atoms with Gasteiger partial charge in [0.15, 0.2) is 0 Å². The van der Waals surface area contributed by atoms with E-state index in [2.05, 4.69) is 113 Å². The highest BCUT2D eigenvalue weighted by molar-refractivity contribution is 5.57. The van der Waals surface area contributed by atoms with Crippen molar-refractivity contribution < 1.29 is 4.74 Å². The van der Waals surface area contributed by atoms with Crippen molar-refractivity contribution in [3.05, 3.63) is 148 Å². The van der Waals surface area contributed by atoms with Gasteiger partial charge in [0.1, 0.15) is 11.9 Å². The van der Waals surface area contributed by atoms with E-state index in [9.17, 15) is 0 Å². The van der Waals surface area contributed by atoms with Crippen molar-refractivity contribution in [1.82, 2.24) is 9.80 Å². The molecule has 0 aromatic heterocycles. The average molecular weight is 673 g/mol. The maximum atomic E-state index is 6.34. The SMILES string of the molecule is C1=CC(N2C3=C(C=CCC3)C3=CC(C4=CCC(C5=CC6C7C=CCCC7N(C7=CC8c9ccccc9OC8C=C7)C6CC5)CC4)CCC32)=CCC1. The summed E-state index contributed by atoms with van der Waals surface area (Å²) in [6, 6.07) is 10.4. The third-order valence-corrected chi connectivity index (χ3v) is 14.4. The van der Waals surface area contributed by atoms with E-state index in [4.69, 9.17) is 4.74 Å². The van der Waals surface area contributed by atoms with Gasteiger partial charge in [-0.05, 0) is 137 Å². The second kappa shape index (κ2) is 12.3. The Balaban J connectivity index is 0.824. The number of hydrogen-bond acceptors (Lipinski definition) is 3. The van der Waals surface area contributed by atoms with Crippen molar-refractivity contribution in [2.24, 2.45) is 23.7 Å². The van der Waals surface area contributed by atoms with Gasteiger partial charge in [0, 0.05) is 52.5 Å². The first kappa shape index (κ1) is 30.6. The van der Waals surface area contributed by atoms with Crippen molar-refractivity contribution in [3.63, 3.8) is 0 Å². The molecule has 0 amide bonds. The van der Waals surface area contributed by atoms with Crippen LogP contribution in [0.1, 0.15) is 95.0 Å². The molecule has 51 heavy (non-hydrogen) atoms. The molecule has 3 nitrogen and oxygen atoms in total. The van der Waals surface area contributed by atoms with Crippen molar-refractivity contribution in [2.45, 2.75) is 114 Å². The lowest BCUT2D eigenvalue weighted by Gasteiger charge is -2.39. The first-order chi connectivity index (χ1) is 25.3. The topological polar surface area (TPSA) is 15.7 Å². The largest absolute Gasteiger partial charge is 0.485 e. The van der Waals surface area contributed by atoms with Gasteiger partial charge in [0.2, 0.25) is 0 Å². The van der Waals surface area contributed by atoms with Crippen LogP contribution in [0.2, 0.25) is 0 Å². The summed E-state index contributed by atoms with van der Waals surface area (Å²) >= 11 is 0. The number of allylic oxidation sites excluding steroid dienone is 12. The fraction of sp³-hybridized carbons (Fsp3) is 0.458. The second-order valence-corrected chi connectivity index (χ2v) is 16.9. The molecule has 1 aromatic rings. The van der Waals surface area contributed by atoms with Crippen LogP contribution in [0.3, 0.4) is 0 Å². The van der Waals surface area contributed by atoms with Crippen molar-refractivity contribution in [1.29, 1.82) is 0 Å². The summed E-state index contributed by atoms with van der Waals surface area (Å²) in [6.07, 6.45) is 49.1. The van der Waals surface area contributed by atoms with Crippen molar-refractivity contribution in [3.8, 4) is 5.75 Å². The molecule has 3 heteroatoms. The lowest BCUT2D eigenvalue weighted by molar-refractivity contribution is 0.211. The average Bonchev–Trinajstić information content (AvgIpc) is 3.85. The van der Waals surface area contributed by atoms with Gasteiger partial charge in [0.25, 0.3) is 0 Å². The molecule has 260 valence electrons. The summed E-state index contributed by atoms with van der Waals surface area (Å²) in [5.74, 6) is 4.00. The molecule has 1 aromatic carbocycles. The molecule has 0 saturated carbocycles. The molecular formula is C48H52N2O. The summed E-state index contributed by atoms with van der Waals surface area (Å²) in [5, 5.41) is 0.